The molecule has 2 atom stereocenters. The first-order valence-electron chi connectivity index (χ1n) is 5.76. The van der Waals surface area contributed by atoms with Crippen LogP contribution >= 0.6 is 0 Å². The fourth-order valence-electron chi connectivity index (χ4n) is 2.02. The molecule has 0 fully saturated rings. The fourth-order valence-corrected chi connectivity index (χ4v) is 2.02. The Hall–Kier alpha value is -0.300. The molecule has 0 aromatic carbocycles. The van der Waals surface area contributed by atoms with Crippen molar-refractivity contribution in [3.05, 3.63) is 12.2 Å². The van der Waals surface area contributed by atoms with Crippen LogP contribution in [0.3, 0.4) is 0 Å². The number of rotatable bonds is 6. The minimum atomic E-state index is 0.668. The number of nitrogens with one attached hydrogen (secondary N) is 1. The minimum absolute atomic E-state index is 0.668. The van der Waals surface area contributed by atoms with E-state index in [1.54, 1.807) is 0 Å². The third kappa shape index (κ3) is 3.95. The summed E-state index contributed by atoms with van der Waals surface area (Å²) < 4.78 is 0. The lowest BCUT2D eigenvalue weighted by Crippen LogP contribution is -2.24. The maximum Gasteiger partial charge on any atom is 0.0256 e. The van der Waals surface area contributed by atoms with E-state index in [0.29, 0.717) is 6.04 Å². The van der Waals surface area contributed by atoms with E-state index in [4.69, 9.17) is 0 Å². The normalized spacial score (nSPS) is 23.7. The van der Waals surface area contributed by atoms with Crippen LogP contribution in [0.15, 0.2) is 12.2 Å². The van der Waals surface area contributed by atoms with Crippen LogP contribution in [0.4, 0.5) is 0 Å². The zero-order chi connectivity index (χ0) is 9.52. The highest BCUT2D eigenvalue weighted by atomic mass is 14.9. The Bertz CT molecular complexity index is 151. The van der Waals surface area contributed by atoms with E-state index in [2.05, 4.69) is 31.3 Å². The van der Waals surface area contributed by atoms with Crippen LogP contribution in [0.1, 0.15) is 46.0 Å². The largest absolute Gasteiger partial charge is 0.307 e. The number of hydrogen-bond acceptors (Lipinski definition) is 1. The molecule has 1 rings (SSSR count). The van der Waals surface area contributed by atoms with Crippen molar-refractivity contribution in [1.82, 2.24) is 5.32 Å². The molecule has 1 aliphatic rings. The van der Waals surface area contributed by atoms with E-state index in [1.165, 1.54) is 32.1 Å². The Morgan fingerprint density at radius 3 is 2.85 bits per heavy atom. The summed E-state index contributed by atoms with van der Waals surface area (Å²) >= 11 is 0. The average molecular weight is 181 g/mol. The van der Waals surface area contributed by atoms with Crippen LogP contribution in [-0.2, 0) is 0 Å². The molecule has 0 saturated carbocycles. The number of hydrogen-bond donors (Lipinski definition) is 1. The first-order chi connectivity index (χ1) is 6.36. The van der Waals surface area contributed by atoms with E-state index in [9.17, 15) is 0 Å². The van der Waals surface area contributed by atoms with Crippen molar-refractivity contribution in [3.63, 3.8) is 0 Å². The second-order valence-electron chi connectivity index (χ2n) is 4.10. The summed E-state index contributed by atoms with van der Waals surface area (Å²) in [6, 6.07) is 0.668. The average Bonchev–Trinajstić information content (AvgIpc) is 2.64. The Labute approximate surface area is 82.6 Å². The molecule has 1 nitrogen and oxygen atoms in total. The molecular formula is C12H23N. The van der Waals surface area contributed by atoms with Gasteiger partial charge in [0.05, 0.1) is 0 Å². The van der Waals surface area contributed by atoms with Gasteiger partial charge in [0.2, 0.25) is 0 Å². The molecule has 1 heterocycles. The fraction of sp³-hybridized carbons (Fsp3) is 0.833. The summed E-state index contributed by atoms with van der Waals surface area (Å²) in [6.07, 6.45) is 11.4. The first-order valence-corrected chi connectivity index (χ1v) is 5.76. The van der Waals surface area contributed by atoms with Gasteiger partial charge in [0, 0.05) is 12.6 Å². The van der Waals surface area contributed by atoms with Gasteiger partial charge in [-0.1, -0.05) is 51.7 Å². The molecule has 0 amide bonds. The number of unbranched alkanes of at least 4 members (excludes halogenated alkanes) is 1. The Morgan fingerprint density at radius 1 is 1.46 bits per heavy atom. The predicted octanol–water partition coefficient (Wildman–Crippen LogP) is 3.12. The van der Waals surface area contributed by atoms with Gasteiger partial charge in [0.15, 0.2) is 0 Å². The van der Waals surface area contributed by atoms with E-state index >= 15 is 0 Å². The SMILES string of the molecule is CCCCC(CC)CC1C=CCN1. The van der Waals surface area contributed by atoms with E-state index in [0.717, 1.165) is 12.5 Å². The maximum atomic E-state index is 3.49. The topological polar surface area (TPSA) is 12.0 Å². The highest BCUT2D eigenvalue weighted by Gasteiger charge is 2.13. The van der Waals surface area contributed by atoms with E-state index < -0.39 is 0 Å². The molecule has 2 unspecified atom stereocenters. The molecule has 1 heteroatoms. The second-order valence-corrected chi connectivity index (χ2v) is 4.10. The molecule has 13 heavy (non-hydrogen) atoms. The molecule has 0 bridgehead atoms. The predicted molar refractivity (Wildman–Crippen MR) is 58.9 cm³/mol. The van der Waals surface area contributed by atoms with Crippen LogP contribution in [0, 0.1) is 5.92 Å². The zero-order valence-corrected chi connectivity index (χ0v) is 9.05. The van der Waals surface area contributed by atoms with Crippen molar-refractivity contribution in [3.8, 4) is 0 Å². The zero-order valence-electron chi connectivity index (χ0n) is 9.05. The molecule has 0 aromatic heterocycles. The van der Waals surface area contributed by atoms with Crippen molar-refractivity contribution in [1.29, 1.82) is 0 Å². The van der Waals surface area contributed by atoms with Crippen LogP contribution in [0.5, 0.6) is 0 Å². The summed E-state index contributed by atoms with van der Waals surface area (Å²) in [6.45, 7) is 5.67. The molecule has 0 radical (unpaired) electrons. The first kappa shape index (κ1) is 10.8. The lowest BCUT2D eigenvalue weighted by Gasteiger charge is -2.18. The van der Waals surface area contributed by atoms with Crippen LogP contribution < -0.4 is 5.32 Å². The third-order valence-corrected chi connectivity index (χ3v) is 3.00. The molecular weight excluding hydrogens is 158 g/mol. The van der Waals surface area contributed by atoms with Crippen molar-refractivity contribution in [2.75, 3.05) is 6.54 Å². The van der Waals surface area contributed by atoms with Crippen LogP contribution in [0.25, 0.3) is 0 Å². The molecule has 1 aliphatic heterocycles. The second kappa shape index (κ2) is 6.20. The Balaban J connectivity index is 2.18. The van der Waals surface area contributed by atoms with Gasteiger partial charge < -0.3 is 5.32 Å². The monoisotopic (exact) mass is 181 g/mol. The van der Waals surface area contributed by atoms with Crippen molar-refractivity contribution >= 4 is 0 Å². The quantitative estimate of drug-likeness (QED) is 0.621. The van der Waals surface area contributed by atoms with Crippen LogP contribution in [-0.4, -0.2) is 12.6 Å². The van der Waals surface area contributed by atoms with Gasteiger partial charge in [-0.15, -0.1) is 0 Å². The third-order valence-electron chi connectivity index (χ3n) is 3.00. The van der Waals surface area contributed by atoms with E-state index in [1.807, 2.05) is 0 Å². The Morgan fingerprint density at radius 2 is 2.31 bits per heavy atom. The molecule has 0 aromatic rings. The van der Waals surface area contributed by atoms with Gasteiger partial charge in [-0.2, -0.15) is 0 Å². The highest BCUT2D eigenvalue weighted by Crippen LogP contribution is 2.19. The molecule has 0 saturated heterocycles. The van der Waals surface area contributed by atoms with Gasteiger partial charge in [0.1, 0.15) is 0 Å². The lowest BCUT2D eigenvalue weighted by atomic mass is 9.92. The van der Waals surface area contributed by atoms with Crippen LogP contribution in [0.2, 0.25) is 0 Å². The molecule has 76 valence electrons. The van der Waals surface area contributed by atoms with Crippen molar-refractivity contribution in [2.45, 2.75) is 52.0 Å². The molecule has 0 spiro atoms. The van der Waals surface area contributed by atoms with E-state index in [-0.39, 0.29) is 0 Å². The van der Waals surface area contributed by atoms with Gasteiger partial charge in [-0.25, -0.2) is 0 Å². The van der Waals surface area contributed by atoms with Gasteiger partial charge in [-0.05, 0) is 12.3 Å². The summed E-state index contributed by atoms with van der Waals surface area (Å²) in [5, 5.41) is 3.49. The van der Waals surface area contributed by atoms with Gasteiger partial charge in [-0.3, -0.25) is 0 Å². The van der Waals surface area contributed by atoms with Gasteiger partial charge >= 0.3 is 0 Å². The van der Waals surface area contributed by atoms with Gasteiger partial charge in [0.25, 0.3) is 0 Å². The van der Waals surface area contributed by atoms with Crippen molar-refractivity contribution < 1.29 is 0 Å². The minimum Gasteiger partial charge on any atom is -0.307 e. The summed E-state index contributed by atoms with van der Waals surface area (Å²) in [7, 11) is 0. The smallest absolute Gasteiger partial charge is 0.0256 e. The molecule has 0 aliphatic carbocycles. The summed E-state index contributed by atoms with van der Waals surface area (Å²) in [5.41, 5.74) is 0. The Kier molecular flexibility index (Phi) is 5.14. The highest BCUT2D eigenvalue weighted by molar-refractivity contribution is 5.02. The maximum absolute atomic E-state index is 3.49. The summed E-state index contributed by atoms with van der Waals surface area (Å²) in [5.74, 6) is 0.931. The standard InChI is InChI=1S/C12H23N/c1-3-5-7-11(4-2)10-12-8-6-9-13-12/h6,8,11-13H,3-5,7,9-10H2,1-2H3. The summed E-state index contributed by atoms with van der Waals surface area (Å²) in [4.78, 5) is 0. The van der Waals surface area contributed by atoms with Crippen molar-refractivity contribution in [2.24, 2.45) is 5.92 Å². The lowest BCUT2D eigenvalue weighted by molar-refractivity contribution is 0.389. The molecule has 1 N–H and O–H groups in total.